The Morgan fingerprint density at radius 1 is 1.09 bits per heavy atom. The van der Waals surface area contributed by atoms with Crippen LogP contribution in [0.3, 0.4) is 0 Å². The van der Waals surface area contributed by atoms with E-state index < -0.39 is 4.92 Å². The topological polar surface area (TPSA) is 101 Å². The molecular formula is C16H12N4O3. The number of pyridine rings is 1. The Hall–Kier alpha value is -3.35. The van der Waals surface area contributed by atoms with Gasteiger partial charge in [0.05, 0.1) is 16.1 Å². The number of azo groups is 1. The molecule has 114 valence electrons. The Balaban J connectivity index is 2.07. The highest BCUT2D eigenvalue weighted by Gasteiger charge is 2.10. The number of hydrogen-bond donors (Lipinski definition) is 1. The fourth-order valence-corrected chi connectivity index (χ4v) is 2.18. The molecule has 3 aromatic rings. The molecule has 3 rings (SSSR count). The summed E-state index contributed by atoms with van der Waals surface area (Å²) in [6.45, 7) is 1.84. The molecule has 0 unspecified atom stereocenters. The van der Waals surface area contributed by atoms with Crippen LogP contribution in [0.15, 0.2) is 58.8 Å². The molecule has 0 saturated heterocycles. The SMILES string of the molecule is Cc1cc(N=Nc2cc([N+](=O)[O-])ccc2O)c2ccccc2n1. The van der Waals surface area contributed by atoms with Crippen LogP contribution in [0.25, 0.3) is 10.9 Å². The number of hydrogen-bond acceptors (Lipinski definition) is 6. The van der Waals surface area contributed by atoms with Gasteiger partial charge in [-0.15, -0.1) is 10.2 Å². The first kappa shape index (κ1) is 14.6. The van der Waals surface area contributed by atoms with Crippen molar-refractivity contribution in [2.24, 2.45) is 10.2 Å². The Labute approximate surface area is 131 Å². The van der Waals surface area contributed by atoms with Crippen LogP contribution < -0.4 is 0 Å². The van der Waals surface area contributed by atoms with Gasteiger partial charge in [0, 0.05) is 23.2 Å². The molecule has 1 aromatic heterocycles. The molecular weight excluding hydrogens is 296 g/mol. The van der Waals surface area contributed by atoms with Crippen LogP contribution in [0.2, 0.25) is 0 Å². The van der Waals surface area contributed by atoms with Gasteiger partial charge in [-0.05, 0) is 25.1 Å². The van der Waals surface area contributed by atoms with E-state index in [1.54, 1.807) is 6.07 Å². The highest BCUT2D eigenvalue weighted by atomic mass is 16.6. The lowest BCUT2D eigenvalue weighted by Crippen LogP contribution is -1.86. The van der Waals surface area contributed by atoms with E-state index in [1.807, 2.05) is 31.2 Å². The molecule has 1 N–H and O–H groups in total. The van der Waals surface area contributed by atoms with E-state index in [4.69, 9.17) is 0 Å². The van der Waals surface area contributed by atoms with Crippen molar-refractivity contribution in [1.29, 1.82) is 0 Å². The summed E-state index contributed by atoms with van der Waals surface area (Å²) in [5.41, 5.74) is 2.02. The Bertz CT molecular complexity index is 938. The van der Waals surface area contributed by atoms with Crippen LogP contribution >= 0.6 is 0 Å². The van der Waals surface area contributed by atoms with E-state index in [1.165, 1.54) is 18.2 Å². The van der Waals surface area contributed by atoms with Crippen LogP contribution in [0, 0.1) is 17.0 Å². The van der Waals surface area contributed by atoms with Crippen molar-refractivity contribution in [2.75, 3.05) is 0 Å². The zero-order valence-corrected chi connectivity index (χ0v) is 12.2. The predicted octanol–water partition coefficient (Wildman–Crippen LogP) is 4.57. The summed E-state index contributed by atoms with van der Waals surface area (Å²) < 4.78 is 0. The molecule has 0 aliphatic carbocycles. The number of aryl methyl sites for hydroxylation is 1. The standard InChI is InChI=1S/C16H12N4O3/c1-10-8-14(12-4-2-3-5-13(12)17-10)18-19-15-9-11(20(22)23)6-7-16(15)21/h2-9,21H,1H3. The second kappa shape index (κ2) is 5.80. The van der Waals surface area contributed by atoms with Gasteiger partial charge < -0.3 is 5.11 Å². The van der Waals surface area contributed by atoms with Crippen molar-refractivity contribution in [3.8, 4) is 5.75 Å². The normalized spacial score (nSPS) is 11.2. The van der Waals surface area contributed by atoms with Crippen LogP contribution in [-0.2, 0) is 0 Å². The smallest absolute Gasteiger partial charge is 0.271 e. The monoisotopic (exact) mass is 308 g/mol. The lowest BCUT2D eigenvalue weighted by molar-refractivity contribution is -0.384. The van der Waals surface area contributed by atoms with E-state index >= 15 is 0 Å². The van der Waals surface area contributed by atoms with Gasteiger partial charge in [-0.25, -0.2) is 0 Å². The number of nitro benzene ring substituents is 1. The van der Waals surface area contributed by atoms with Crippen molar-refractivity contribution in [2.45, 2.75) is 6.92 Å². The molecule has 0 fully saturated rings. The molecule has 0 saturated carbocycles. The maximum absolute atomic E-state index is 10.8. The van der Waals surface area contributed by atoms with Gasteiger partial charge in [0.25, 0.3) is 5.69 Å². The predicted molar refractivity (Wildman–Crippen MR) is 85.4 cm³/mol. The number of rotatable bonds is 3. The number of para-hydroxylation sites is 1. The number of phenols is 1. The number of nitro groups is 1. The first-order valence-electron chi connectivity index (χ1n) is 6.80. The summed E-state index contributed by atoms with van der Waals surface area (Å²) in [6.07, 6.45) is 0. The number of nitrogens with zero attached hydrogens (tertiary/aromatic N) is 4. The summed E-state index contributed by atoms with van der Waals surface area (Å²) in [4.78, 5) is 14.7. The van der Waals surface area contributed by atoms with E-state index in [0.717, 1.165) is 16.6 Å². The van der Waals surface area contributed by atoms with Crippen LogP contribution in [0.1, 0.15) is 5.69 Å². The average Bonchev–Trinajstić information content (AvgIpc) is 2.53. The van der Waals surface area contributed by atoms with Crippen LogP contribution in [0.5, 0.6) is 5.75 Å². The van der Waals surface area contributed by atoms with E-state index in [9.17, 15) is 15.2 Å². The van der Waals surface area contributed by atoms with Gasteiger partial charge in [-0.1, -0.05) is 18.2 Å². The highest BCUT2D eigenvalue weighted by molar-refractivity contribution is 5.89. The summed E-state index contributed by atoms with van der Waals surface area (Å²) >= 11 is 0. The van der Waals surface area contributed by atoms with Gasteiger partial charge in [-0.3, -0.25) is 15.1 Å². The maximum atomic E-state index is 10.8. The molecule has 1 heterocycles. The maximum Gasteiger partial charge on any atom is 0.271 e. The molecule has 0 radical (unpaired) electrons. The van der Waals surface area contributed by atoms with E-state index in [2.05, 4.69) is 15.2 Å². The minimum atomic E-state index is -0.551. The molecule has 0 atom stereocenters. The lowest BCUT2D eigenvalue weighted by Gasteiger charge is -2.03. The zero-order chi connectivity index (χ0) is 16.4. The van der Waals surface area contributed by atoms with E-state index in [-0.39, 0.29) is 17.1 Å². The first-order valence-corrected chi connectivity index (χ1v) is 6.80. The number of aromatic hydroxyl groups is 1. The molecule has 0 bridgehead atoms. The Morgan fingerprint density at radius 2 is 1.83 bits per heavy atom. The van der Waals surface area contributed by atoms with E-state index in [0.29, 0.717) is 5.69 Å². The number of phenolic OH excluding ortho intramolecular Hbond substituents is 1. The molecule has 0 amide bonds. The molecule has 0 aliphatic rings. The third-order valence-corrected chi connectivity index (χ3v) is 3.26. The highest BCUT2D eigenvalue weighted by Crippen LogP contribution is 2.33. The van der Waals surface area contributed by atoms with Gasteiger partial charge in [0.2, 0.25) is 0 Å². The van der Waals surface area contributed by atoms with Gasteiger partial charge in [-0.2, -0.15) is 0 Å². The summed E-state index contributed by atoms with van der Waals surface area (Å²) in [5, 5.41) is 29.5. The summed E-state index contributed by atoms with van der Waals surface area (Å²) in [7, 11) is 0. The van der Waals surface area contributed by atoms with Gasteiger partial charge in [0.1, 0.15) is 11.4 Å². The van der Waals surface area contributed by atoms with Crippen molar-refractivity contribution in [1.82, 2.24) is 4.98 Å². The second-order valence-electron chi connectivity index (χ2n) is 4.93. The minimum Gasteiger partial charge on any atom is -0.506 e. The quantitative estimate of drug-likeness (QED) is 0.435. The van der Waals surface area contributed by atoms with Crippen molar-refractivity contribution < 1.29 is 10.0 Å². The number of non-ortho nitro benzene ring substituents is 1. The minimum absolute atomic E-state index is 0.0396. The Kier molecular flexibility index (Phi) is 3.68. The van der Waals surface area contributed by atoms with Gasteiger partial charge in [0.15, 0.2) is 0 Å². The largest absolute Gasteiger partial charge is 0.506 e. The lowest BCUT2D eigenvalue weighted by atomic mass is 10.2. The number of benzene rings is 2. The van der Waals surface area contributed by atoms with Crippen molar-refractivity contribution >= 4 is 28.0 Å². The molecule has 2 aromatic carbocycles. The summed E-state index contributed by atoms with van der Waals surface area (Å²) in [5.74, 6) is -0.172. The van der Waals surface area contributed by atoms with Crippen LogP contribution in [-0.4, -0.2) is 15.0 Å². The fraction of sp³-hybridized carbons (Fsp3) is 0.0625. The van der Waals surface area contributed by atoms with Crippen molar-refractivity contribution in [3.05, 3.63) is 64.3 Å². The molecule has 7 nitrogen and oxygen atoms in total. The molecule has 23 heavy (non-hydrogen) atoms. The van der Waals surface area contributed by atoms with Gasteiger partial charge >= 0.3 is 0 Å². The molecule has 0 aliphatic heterocycles. The fourth-order valence-electron chi connectivity index (χ4n) is 2.18. The number of fused-ring (bicyclic) bond motifs is 1. The van der Waals surface area contributed by atoms with Crippen LogP contribution in [0.4, 0.5) is 17.1 Å². The third kappa shape index (κ3) is 2.98. The van der Waals surface area contributed by atoms with Crippen molar-refractivity contribution in [3.63, 3.8) is 0 Å². The third-order valence-electron chi connectivity index (χ3n) is 3.26. The Morgan fingerprint density at radius 3 is 2.61 bits per heavy atom. The zero-order valence-electron chi connectivity index (χ0n) is 12.2. The molecule has 0 spiro atoms. The molecule has 7 heteroatoms. The first-order chi connectivity index (χ1) is 11.0. The second-order valence-corrected chi connectivity index (χ2v) is 4.93. The summed E-state index contributed by atoms with van der Waals surface area (Å²) in [6, 6.07) is 12.8. The average molecular weight is 308 g/mol. The number of aromatic nitrogens is 1.